The van der Waals surface area contributed by atoms with Crippen molar-refractivity contribution in [3.8, 4) is 5.88 Å². The van der Waals surface area contributed by atoms with Crippen molar-refractivity contribution in [1.29, 1.82) is 0 Å². The summed E-state index contributed by atoms with van der Waals surface area (Å²) in [5.41, 5.74) is 6.31. The van der Waals surface area contributed by atoms with Crippen molar-refractivity contribution in [2.24, 2.45) is 4.99 Å². The molecule has 1 aliphatic heterocycles. The van der Waals surface area contributed by atoms with Gasteiger partial charge in [-0.25, -0.2) is 4.98 Å². The van der Waals surface area contributed by atoms with Crippen LogP contribution in [0.15, 0.2) is 11.1 Å². The Bertz CT molecular complexity index is 424. The number of hydrogen-bond donors (Lipinski definition) is 2. The standard InChI is InChI=1S/C9H12N4OS2/c1-14-6-4-5(12-9(10)13-6)7(15)8-11-2-3-16-8/h4,7,15H,2-3H2,1H3,(H2,10,12,13). The van der Waals surface area contributed by atoms with Gasteiger partial charge in [-0.2, -0.15) is 17.6 Å². The third-order valence-electron chi connectivity index (χ3n) is 2.07. The van der Waals surface area contributed by atoms with E-state index in [1.807, 2.05) is 0 Å². The van der Waals surface area contributed by atoms with Gasteiger partial charge in [0.15, 0.2) is 0 Å². The lowest BCUT2D eigenvalue weighted by molar-refractivity contribution is 0.397. The Morgan fingerprint density at radius 1 is 1.56 bits per heavy atom. The zero-order valence-electron chi connectivity index (χ0n) is 8.75. The van der Waals surface area contributed by atoms with E-state index in [0.717, 1.165) is 23.0 Å². The fourth-order valence-electron chi connectivity index (χ4n) is 1.35. The summed E-state index contributed by atoms with van der Waals surface area (Å²) >= 11 is 6.19. The molecule has 2 N–H and O–H groups in total. The van der Waals surface area contributed by atoms with Gasteiger partial charge in [0.1, 0.15) is 0 Å². The zero-order valence-corrected chi connectivity index (χ0v) is 10.5. The largest absolute Gasteiger partial charge is 0.481 e. The molecular formula is C9H12N4OS2. The van der Waals surface area contributed by atoms with Gasteiger partial charge in [0.25, 0.3) is 0 Å². The minimum Gasteiger partial charge on any atom is -0.481 e. The second kappa shape index (κ2) is 4.92. The van der Waals surface area contributed by atoms with Gasteiger partial charge in [-0.1, -0.05) is 0 Å². The number of hydrogen-bond acceptors (Lipinski definition) is 7. The molecule has 0 spiro atoms. The molecule has 0 saturated heterocycles. The number of thiol groups is 1. The number of rotatable bonds is 3. The van der Waals surface area contributed by atoms with Crippen molar-refractivity contribution < 1.29 is 4.74 Å². The normalized spacial score (nSPS) is 17.0. The summed E-state index contributed by atoms with van der Waals surface area (Å²) in [6.45, 7) is 0.842. The van der Waals surface area contributed by atoms with Gasteiger partial charge in [0.2, 0.25) is 11.8 Å². The number of nitrogen functional groups attached to an aromatic ring is 1. The summed E-state index contributed by atoms with van der Waals surface area (Å²) in [5, 5.41) is 0.829. The van der Waals surface area contributed by atoms with Gasteiger partial charge in [0.05, 0.1) is 23.1 Å². The van der Waals surface area contributed by atoms with Gasteiger partial charge in [-0.15, -0.1) is 11.8 Å². The second-order valence-corrected chi connectivity index (χ2v) is 4.80. The summed E-state index contributed by atoms with van der Waals surface area (Å²) in [7, 11) is 1.54. The van der Waals surface area contributed by atoms with E-state index in [2.05, 4.69) is 27.6 Å². The number of anilines is 1. The van der Waals surface area contributed by atoms with E-state index >= 15 is 0 Å². The lowest BCUT2D eigenvalue weighted by Gasteiger charge is -2.10. The van der Waals surface area contributed by atoms with Crippen LogP contribution in [0.25, 0.3) is 0 Å². The van der Waals surface area contributed by atoms with Crippen LogP contribution in [0.5, 0.6) is 5.88 Å². The van der Waals surface area contributed by atoms with Crippen LogP contribution in [0.4, 0.5) is 5.95 Å². The molecule has 1 aromatic rings. The van der Waals surface area contributed by atoms with Crippen LogP contribution in [0.1, 0.15) is 10.9 Å². The molecule has 86 valence electrons. The Morgan fingerprint density at radius 2 is 2.38 bits per heavy atom. The summed E-state index contributed by atoms with van der Waals surface area (Å²) < 4.78 is 5.04. The lowest BCUT2D eigenvalue weighted by Crippen LogP contribution is -2.07. The molecule has 0 aromatic carbocycles. The third kappa shape index (κ3) is 2.41. The van der Waals surface area contributed by atoms with E-state index in [4.69, 9.17) is 10.5 Å². The van der Waals surface area contributed by atoms with E-state index in [1.54, 1.807) is 24.9 Å². The molecule has 0 fully saturated rings. The first-order valence-electron chi connectivity index (χ1n) is 4.74. The van der Waals surface area contributed by atoms with Crippen LogP contribution in [0.2, 0.25) is 0 Å². The molecule has 1 atom stereocenters. The van der Waals surface area contributed by atoms with Gasteiger partial charge in [-0.05, 0) is 0 Å². The number of thioether (sulfide) groups is 1. The van der Waals surface area contributed by atoms with Gasteiger partial charge < -0.3 is 10.5 Å². The van der Waals surface area contributed by atoms with Gasteiger partial charge >= 0.3 is 0 Å². The molecule has 5 nitrogen and oxygen atoms in total. The molecule has 0 saturated carbocycles. The topological polar surface area (TPSA) is 73.4 Å². The molecule has 1 aromatic heterocycles. The first kappa shape index (κ1) is 11.5. The summed E-state index contributed by atoms with van der Waals surface area (Å²) in [5.74, 6) is 1.64. The predicted octanol–water partition coefficient (Wildman–Crippen LogP) is 1.18. The number of aromatic nitrogens is 2. The molecule has 1 aliphatic rings. The van der Waals surface area contributed by atoms with E-state index < -0.39 is 0 Å². The third-order valence-corrected chi connectivity index (χ3v) is 3.80. The summed E-state index contributed by atoms with van der Waals surface area (Å²) in [4.78, 5) is 12.4. The van der Waals surface area contributed by atoms with E-state index in [0.29, 0.717) is 5.88 Å². The summed E-state index contributed by atoms with van der Waals surface area (Å²) in [6.07, 6.45) is 0. The smallest absolute Gasteiger partial charge is 0.223 e. The average Bonchev–Trinajstić information content (AvgIpc) is 2.80. The molecule has 16 heavy (non-hydrogen) atoms. The van der Waals surface area contributed by atoms with Crippen LogP contribution in [-0.4, -0.2) is 34.4 Å². The second-order valence-electron chi connectivity index (χ2n) is 3.16. The van der Waals surface area contributed by atoms with E-state index in [1.165, 1.54) is 0 Å². The Balaban J connectivity index is 2.28. The number of aliphatic imine (C=N–C) groups is 1. The van der Waals surface area contributed by atoms with Crippen molar-refractivity contribution >= 4 is 35.4 Å². The molecule has 7 heteroatoms. The van der Waals surface area contributed by atoms with Crippen LogP contribution in [0.3, 0.4) is 0 Å². The lowest BCUT2D eigenvalue weighted by atomic mass is 10.3. The van der Waals surface area contributed by atoms with Crippen LogP contribution < -0.4 is 10.5 Å². The maximum atomic E-state index is 5.59. The Morgan fingerprint density at radius 3 is 3.00 bits per heavy atom. The maximum absolute atomic E-state index is 5.59. The van der Waals surface area contributed by atoms with Crippen LogP contribution in [0, 0.1) is 0 Å². The minimum atomic E-state index is -0.147. The first-order valence-corrected chi connectivity index (χ1v) is 6.24. The van der Waals surface area contributed by atoms with Crippen molar-refractivity contribution in [1.82, 2.24) is 9.97 Å². The fourth-order valence-corrected chi connectivity index (χ4v) is 2.64. The van der Waals surface area contributed by atoms with Crippen molar-refractivity contribution in [2.45, 2.75) is 5.25 Å². The first-order chi connectivity index (χ1) is 7.70. The van der Waals surface area contributed by atoms with E-state index in [9.17, 15) is 0 Å². The average molecular weight is 256 g/mol. The highest BCUT2D eigenvalue weighted by Crippen LogP contribution is 2.30. The van der Waals surface area contributed by atoms with E-state index in [-0.39, 0.29) is 11.2 Å². The Kier molecular flexibility index (Phi) is 3.55. The molecular weight excluding hydrogens is 244 g/mol. The number of ether oxygens (including phenoxy) is 1. The highest BCUT2D eigenvalue weighted by Gasteiger charge is 2.20. The molecule has 0 bridgehead atoms. The monoisotopic (exact) mass is 256 g/mol. The Hall–Kier alpha value is -0.950. The number of nitrogens with two attached hydrogens (primary N) is 1. The molecule has 0 radical (unpaired) electrons. The van der Waals surface area contributed by atoms with Crippen molar-refractivity contribution in [3.05, 3.63) is 11.8 Å². The minimum absolute atomic E-state index is 0.147. The predicted molar refractivity (Wildman–Crippen MR) is 69.5 cm³/mol. The maximum Gasteiger partial charge on any atom is 0.223 e. The van der Waals surface area contributed by atoms with Gasteiger partial charge in [-0.3, -0.25) is 4.99 Å². The molecule has 0 amide bonds. The SMILES string of the molecule is COc1cc(C(S)C2=NCCS2)nc(N)n1. The highest BCUT2D eigenvalue weighted by atomic mass is 32.2. The molecule has 2 heterocycles. The van der Waals surface area contributed by atoms with Gasteiger partial charge in [0, 0.05) is 18.4 Å². The number of methoxy groups -OCH3 is 1. The number of nitrogens with zero attached hydrogens (tertiary/aromatic N) is 3. The highest BCUT2D eigenvalue weighted by molar-refractivity contribution is 8.15. The zero-order chi connectivity index (χ0) is 11.5. The van der Waals surface area contributed by atoms with Crippen molar-refractivity contribution in [3.63, 3.8) is 0 Å². The molecule has 1 unspecified atom stereocenters. The Labute approximate surface area is 103 Å². The molecule has 0 aliphatic carbocycles. The summed E-state index contributed by atoms with van der Waals surface area (Å²) in [6, 6.07) is 1.73. The van der Waals surface area contributed by atoms with Crippen molar-refractivity contribution in [2.75, 3.05) is 25.1 Å². The quantitative estimate of drug-likeness (QED) is 0.795. The fraction of sp³-hybridized carbons (Fsp3) is 0.444. The van der Waals surface area contributed by atoms with Crippen LogP contribution in [-0.2, 0) is 0 Å². The molecule has 2 rings (SSSR count). The van der Waals surface area contributed by atoms with Crippen LogP contribution >= 0.6 is 24.4 Å².